The molecule has 1 aliphatic heterocycles. The molecule has 1 N–H and O–H groups in total. The van der Waals surface area contributed by atoms with Crippen molar-refractivity contribution >= 4 is 0 Å². The third-order valence-corrected chi connectivity index (χ3v) is 5.66. The van der Waals surface area contributed by atoms with E-state index in [4.69, 9.17) is 28.4 Å². The molecule has 1 heterocycles. The highest BCUT2D eigenvalue weighted by molar-refractivity contribution is 5.54. The maximum absolute atomic E-state index is 10.2. The summed E-state index contributed by atoms with van der Waals surface area (Å²) in [6.07, 6.45) is 0.487. The van der Waals surface area contributed by atoms with Gasteiger partial charge in [0, 0.05) is 12.5 Å². The summed E-state index contributed by atoms with van der Waals surface area (Å²) in [5.74, 6) is 3.13. The number of ether oxygens (including phenoxy) is 6. The van der Waals surface area contributed by atoms with Gasteiger partial charge in [-0.1, -0.05) is 6.07 Å². The molecule has 0 radical (unpaired) electrons. The molecule has 1 fully saturated rings. The number of aliphatic hydroxyl groups excluding tert-OH is 1. The van der Waals surface area contributed by atoms with Crippen LogP contribution in [0.2, 0.25) is 0 Å². The molecule has 2 aromatic rings. The van der Waals surface area contributed by atoms with Gasteiger partial charge in [0.2, 0.25) is 5.75 Å². The fourth-order valence-corrected chi connectivity index (χ4v) is 4.10. The van der Waals surface area contributed by atoms with Gasteiger partial charge in [-0.25, -0.2) is 0 Å². The van der Waals surface area contributed by atoms with Gasteiger partial charge in [-0.15, -0.1) is 0 Å². The largest absolute Gasteiger partial charge is 0.493 e. The molecule has 3 atom stereocenters. The van der Waals surface area contributed by atoms with Crippen LogP contribution < -0.4 is 23.7 Å². The van der Waals surface area contributed by atoms with Crippen LogP contribution >= 0.6 is 0 Å². The molecule has 164 valence electrons. The van der Waals surface area contributed by atoms with Gasteiger partial charge in [0.05, 0.1) is 48.3 Å². The topological polar surface area (TPSA) is 75.6 Å². The fourth-order valence-electron chi connectivity index (χ4n) is 4.10. The van der Waals surface area contributed by atoms with E-state index in [0.29, 0.717) is 35.4 Å². The molecular weight excluding hydrogens is 388 g/mol. The summed E-state index contributed by atoms with van der Waals surface area (Å²) in [7, 11) is 7.98. The van der Waals surface area contributed by atoms with Gasteiger partial charge in [-0.2, -0.15) is 0 Å². The van der Waals surface area contributed by atoms with Crippen molar-refractivity contribution in [2.45, 2.75) is 12.5 Å². The third kappa shape index (κ3) is 4.27. The smallest absolute Gasteiger partial charge is 0.203 e. The number of hydrogen-bond acceptors (Lipinski definition) is 7. The Morgan fingerprint density at radius 2 is 1.47 bits per heavy atom. The van der Waals surface area contributed by atoms with E-state index in [1.54, 1.807) is 35.5 Å². The Labute approximate surface area is 177 Å². The summed E-state index contributed by atoms with van der Waals surface area (Å²) in [4.78, 5) is 0. The van der Waals surface area contributed by atoms with E-state index in [-0.39, 0.29) is 24.5 Å². The highest BCUT2D eigenvalue weighted by Gasteiger charge is 2.38. The van der Waals surface area contributed by atoms with Crippen molar-refractivity contribution < 1.29 is 33.5 Å². The Morgan fingerprint density at radius 3 is 2.00 bits per heavy atom. The van der Waals surface area contributed by atoms with E-state index in [1.165, 1.54) is 0 Å². The lowest BCUT2D eigenvalue weighted by Gasteiger charge is -2.23. The molecule has 0 bridgehead atoms. The van der Waals surface area contributed by atoms with Crippen LogP contribution in [0.15, 0.2) is 30.3 Å². The first-order valence-electron chi connectivity index (χ1n) is 9.83. The predicted octanol–water partition coefficient (Wildman–Crippen LogP) is 3.27. The number of benzene rings is 2. The summed E-state index contributed by atoms with van der Waals surface area (Å²) < 4.78 is 33.2. The minimum absolute atomic E-state index is 0.0132. The van der Waals surface area contributed by atoms with Gasteiger partial charge >= 0.3 is 0 Å². The predicted molar refractivity (Wildman–Crippen MR) is 112 cm³/mol. The maximum Gasteiger partial charge on any atom is 0.203 e. The third-order valence-electron chi connectivity index (χ3n) is 5.66. The zero-order valence-corrected chi connectivity index (χ0v) is 18.1. The van der Waals surface area contributed by atoms with Crippen LogP contribution in [0.1, 0.15) is 17.2 Å². The lowest BCUT2D eigenvalue weighted by atomic mass is 9.84. The molecule has 3 rings (SSSR count). The summed E-state index contributed by atoms with van der Waals surface area (Å²) >= 11 is 0. The monoisotopic (exact) mass is 418 g/mol. The van der Waals surface area contributed by atoms with Crippen molar-refractivity contribution in [3.05, 3.63) is 41.5 Å². The van der Waals surface area contributed by atoms with Crippen LogP contribution in [0.25, 0.3) is 0 Å². The average molecular weight is 418 g/mol. The molecule has 0 amide bonds. The molecule has 1 aliphatic rings. The summed E-state index contributed by atoms with van der Waals surface area (Å²) in [5.41, 5.74) is 1.99. The molecule has 0 aromatic heterocycles. The van der Waals surface area contributed by atoms with Crippen molar-refractivity contribution in [3.63, 3.8) is 0 Å². The molecule has 1 saturated heterocycles. The Kier molecular flexibility index (Phi) is 7.29. The highest BCUT2D eigenvalue weighted by Crippen LogP contribution is 2.46. The molecule has 0 saturated carbocycles. The summed E-state index contributed by atoms with van der Waals surface area (Å²) in [5, 5.41) is 10.2. The maximum atomic E-state index is 10.2. The van der Waals surface area contributed by atoms with E-state index in [9.17, 15) is 5.11 Å². The van der Waals surface area contributed by atoms with Gasteiger partial charge in [0.1, 0.15) is 0 Å². The lowest BCUT2D eigenvalue weighted by Crippen LogP contribution is -2.21. The standard InChI is InChI=1S/C23H30O7/c1-25-18-7-6-14(9-19(18)26-2)8-16-13-30-22(17(16)12-24)15-10-20(27-3)23(29-5)21(11-15)28-4/h6-7,9-11,16-17,22,24H,8,12-13H2,1-5H3/t16-,17+,22+/m1/s1. The Morgan fingerprint density at radius 1 is 0.833 bits per heavy atom. The molecule has 7 heteroatoms. The van der Waals surface area contributed by atoms with Crippen LogP contribution in [0.3, 0.4) is 0 Å². The van der Waals surface area contributed by atoms with E-state index in [2.05, 4.69) is 0 Å². The minimum atomic E-state index is -0.270. The van der Waals surface area contributed by atoms with Crippen molar-refractivity contribution in [1.29, 1.82) is 0 Å². The van der Waals surface area contributed by atoms with Crippen LogP contribution in [-0.2, 0) is 11.2 Å². The molecular formula is C23H30O7. The molecule has 2 aromatic carbocycles. The average Bonchev–Trinajstić information content (AvgIpc) is 3.20. The Bertz CT molecular complexity index is 826. The zero-order chi connectivity index (χ0) is 21.7. The normalized spacial score (nSPS) is 20.7. The Hall–Kier alpha value is -2.64. The van der Waals surface area contributed by atoms with E-state index >= 15 is 0 Å². The van der Waals surface area contributed by atoms with Gasteiger partial charge < -0.3 is 33.5 Å². The first kappa shape index (κ1) is 22.1. The van der Waals surface area contributed by atoms with Gasteiger partial charge in [-0.3, -0.25) is 0 Å². The second kappa shape index (κ2) is 9.91. The molecule has 0 unspecified atom stereocenters. The quantitative estimate of drug-likeness (QED) is 0.670. The zero-order valence-electron chi connectivity index (χ0n) is 18.1. The fraction of sp³-hybridized carbons (Fsp3) is 0.478. The van der Waals surface area contributed by atoms with Crippen molar-refractivity contribution in [3.8, 4) is 28.7 Å². The SMILES string of the molecule is COc1ccc(C[C@@H]2CO[C@@H](c3cc(OC)c(OC)c(OC)c3)[C@H]2CO)cc1OC. The van der Waals surface area contributed by atoms with Crippen LogP contribution in [0, 0.1) is 11.8 Å². The summed E-state index contributed by atoms with van der Waals surface area (Å²) in [6.45, 7) is 0.556. The van der Waals surface area contributed by atoms with E-state index < -0.39 is 0 Å². The van der Waals surface area contributed by atoms with Crippen molar-refractivity contribution in [2.75, 3.05) is 48.8 Å². The number of rotatable bonds is 9. The molecule has 0 aliphatic carbocycles. The van der Waals surface area contributed by atoms with Crippen molar-refractivity contribution in [1.82, 2.24) is 0 Å². The Balaban J connectivity index is 1.85. The van der Waals surface area contributed by atoms with Gasteiger partial charge in [0.15, 0.2) is 23.0 Å². The molecule has 30 heavy (non-hydrogen) atoms. The van der Waals surface area contributed by atoms with Crippen molar-refractivity contribution in [2.24, 2.45) is 11.8 Å². The van der Waals surface area contributed by atoms with Crippen LogP contribution in [0.5, 0.6) is 28.7 Å². The lowest BCUT2D eigenvalue weighted by molar-refractivity contribution is 0.0715. The number of hydrogen-bond donors (Lipinski definition) is 1. The first-order valence-corrected chi connectivity index (χ1v) is 9.83. The second-order valence-electron chi connectivity index (χ2n) is 7.21. The second-order valence-corrected chi connectivity index (χ2v) is 7.21. The van der Waals surface area contributed by atoms with Gasteiger partial charge in [0.25, 0.3) is 0 Å². The summed E-state index contributed by atoms with van der Waals surface area (Å²) in [6, 6.07) is 9.65. The van der Waals surface area contributed by atoms with Gasteiger partial charge in [-0.05, 0) is 47.7 Å². The number of methoxy groups -OCH3 is 5. The number of aliphatic hydroxyl groups is 1. The molecule has 0 spiro atoms. The minimum Gasteiger partial charge on any atom is -0.493 e. The molecule has 7 nitrogen and oxygen atoms in total. The van der Waals surface area contributed by atoms with E-state index in [1.807, 2.05) is 30.3 Å². The first-order chi connectivity index (χ1) is 14.6. The van der Waals surface area contributed by atoms with E-state index in [0.717, 1.165) is 17.5 Å². The highest BCUT2D eigenvalue weighted by atomic mass is 16.5. The van der Waals surface area contributed by atoms with Crippen LogP contribution in [0.4, 0.5) is 0 Å². The van der Waals surface area contributed by atoms with Crippen LogP contribution in [-0.4, -0.2) is 53.9 Å².